The molecule has 3 aromatic rings. The minimum Gasteiger partial charge on any atom is -0.485 e. The zero-order valence-electron chi connectivity index (χ0n) is 14.0. The van der Waals surface area contributed by atoms with Gasteiger partial charge in [0.05, 0.1) is 0 Å². The van der Waals surface area contributed by atoms with Crippen LogP contribution in [0.15, 0.2) is 53.0 Å². The largest absolute Gasteiger partial charge is 0.485 e. The van der Waals surface area contributed by atoms with Gasteiger partial charge in [0.15, 0.2) is 12.4 Å². The number of Topliss-reactive ketones (excluding diaryl/α,β-unsaturated/α-hetero) is 1. The van der Waals surface area contributed by atoms with Crippen molar-refractivity contribution in [3.8, 4) is 5.75 Å². The van der Waals surface area contributed by atoms with Gasteiger partial charge in [-0.3, -0.25) is 4.79 Å². The molecule has 0 atom stereocenters. The molecule has 0 aliphatic carbocycles. The summed E-state index contributed by atoms with van der Waals surface area (Å²) in [7, 11) is 0. The molecule has 0 unspecified atom stereocenters. The Morgan fingerprint density at radius 1 is 0.875 bits per heavy atom. The SMILES string of the molecule is Cc1cc(C)c(C(=O)COc2ccc3cc(Br)ccc3c2)cc1C. The Hall–Kier alpha value is -2.13. The Balaban J connectivity index is 1.77. The minimum absolute atomic E-state index is 0.00602. The minimum atomic E-state index is 0.00602. The van der Waals surface area contributed by atoms with E-state index in [1.54, 1.807) is 0 Å². The molecule has 0 aliphatic rings. The summed E-state index contributed by atoms with van der Waals surface area (Å²) in [5, 5.41) is 2.22. The third kappa shape index (κ3) is 3.51. The number of fused-ring (bicyclic) bond motifs is 1. The molecule has 0 spiro atoms. The second kappa shape index (κ2) is 6.78. The van der Waals surface area contributed by atoms with Crippen molar-refractivity contribution in [3.63, 3.8) is 0 Å². The van der Waals surface area contributed by atoms with Gasteiger partial charge in [-0.25, -0.2) is 0 Å². The second-order valence-corrected chi connectivity index (χ2v) is 7.03. The molecule has 0 aromatic heterocycles. The van der Waals surface area contributed by atoms with Crippen LogP contribution in [0, 0.1) is 20.8 Å². The summed E-state index contributed by atoms with van der Waals surface area (Å²) in [5.41, 5.74) is 4.06. The maximum Gasteiger partial charge on any atom is 0.200 e. The smallest absolute Gasteiger partial charge is 0.200 e. The highest BCUT2D eigenvalue weighted by atomic mass is 79.9. The van der Waals surface area contributed by atoms with Crippen LogP contribution in [-0.4, -0.2) is 12.4 Å². The van der Waals surface area contributed by atoms with Crippen molar-refractivity contribution in [2.24, 2.45) is 0 Å². The van der Waals surface area contributed by atoms with E-state index in [-0.39, 0.29) is 12.4 Å². The lowest BCUT2D eigenvalue weighted by Gasteiger charge is -2.11. The lowest BCUT2D eigenvalue weighted by Crippen LogP contribution is -2.13. The lowest BCUT2D eigenvalue weighted by molar-refractivity contribution is 0.0921. The fourth-order valence-corrected chi connectivity index (χ4v) is 3.15. The fraction of sp³-hybridized carbons (Fsp3) is 0.190. The van der Waals surface area contributed by atoms with Gasteiger partial charge in [0, 0.05) is 10.0 Å². The maximum absolute atomic E-state index is 12.5. The van der Waals surface area contributed by atoms with E-state index in [0.29, 0.717) is 5.75 Å². The molecule has 3 heteroatoms. The van der Waals surface area contributed by atoms with Gasteiger partial charge in [-0.2, -0.15) is 0 Å². The number of halogens is 1. The molecular weight excluding hydrogens is 364 g/mol. The number of hydrogen-bond acceptors (Lipinski definition) is 2. The highest BCUT2D eigenvalue weighted by Crippen LogP contribution is 2.24. The van der Waals surface area contributed by atoms with Gasteiger partial charge in [0.25, 0.3) is 0 Å². The number of rotatable bonds is 4. The molecule has 0 fully saturated rings. The van der Waals surface area contributed by atoms with E-state index in [1.165, 1.54) is 5.56 Å². The Morgan fingerprint density at radius 3 is 2.33 bits per heavy atom. The Labute approximate surface area is 150 Å². The number of ether oxygens (including phenoxy) is 1. The highest BCUT2D eigenvalue weighted by Gasteiger charge is 2.12. The first-order valence-corrected chi connectivity index (χ1v) is 8.66. The molecule has 2 nitrogen and oxygen atoms in total. The molecule has 0 saturated heterocycles. The number of benzene rings is 3. The Kier molecular flexibility index (Phi) is 4.72. The molecular formula is C21H19BrO2. The average molecular weight is 383 g/mol. The van der Waals surface area contributed by atoms with Crippen molar-refractivity contribution in [2.45, 2.75) is 20.8 Å². The molecule has 24 heavy (non-hydrogen) atoms. The molecule has 0 amide bonds. The zero-order valence-corrected chi connectivity index (χ0v) is 15.6. The van der Waals surface area contributed by atoms with E-state index in [2.05, 4.69) is 35.0 Å². The van der Waals surface area contributed by atoms with E-state index in [9.17, 15) is 4.79 Å². The van der Waals surface area contributed by atoms with Crippen molar-refractivity contribution < 1.29 is 9.53 Å². The van der Waals surface area contributed by atoms with Crippen molar-refractivity contribution in [1.82, 2.24) is 0 Å². The van der Waals surface area contributed by atoms with Crippen LogP contribution in [0.25, 0.3) is 10.8 Å². The van der Waals surface area contributed by atoms with Crippen molar-refractivity contribution in [3.05, 3.63) is 75.3 Å². The maximum atomic E-state index is 12.5. The Bertz CT molecular complexity index is 929. The number of ketones is 1. The van der Waals surface area contributed by atoms with E-state index >= 15 is 0 Å². The summed E-state index contributed by atoms with van der Waals surface area (Å²) in [5.74, 6) is 0.714. The monoisotopic (exact) mass is 382 g/mol. The number of carbonyl (C=O) groups is 1. The Morgan fingerprint density at radius 2 is 1.54 bits per heavy atom. The van der Waals surface area contributed by atoms with Gasteiger partial charge in [0.1, 0.15) is 5.75 Å². The quantitative estimate of drug-likeness (QED) is 0.533. The van der Waals surface area contributed by atoms with Crippen LogP contribution in [0.4, 0.5) is 0 Å². The van der Waals surface area contributed by atoms with Gasteiger partial charge in [-0.15, -0.1) is 0 Å². The number of carbonyl (C=O) groups excluding carboxylic acids is 1. The summed E-state index contributed by atoms with van der Waals surface area (Å²) >= 11 is 3.47. The standard InChI is InChI=1S/C21H19BrO2/c1-13-8-15(3)20(9-14(13)2)21(23)12-24-19-7-5-16-10-18(22)6-4-17(16)11-19/h4-11H,12H2,1-3H3. The van der Waals surface area contributed by atoms with Gasteiger partial charge in [-0.1, -0.05) is 34.1 Å². The number of aryl methyl sites for hydroxylation is 3. The predicted octanol–water partition coefficient (Wildman–Crippen LogP) is 5.79. The van der Waals surface area contributed by atoms with Crippen LogP contribution in [0.3, 0.4) is 0 Å². The highest BCUT2D eigenvalue weighted by molar-refractivity contribution is 9.10. The molecule has 0 saturated carbocycles. The molecule has 122 valence electrons. The normalized spacial score (nSPS) is 10.8. The summed E-state index contributed by atoms with van der Waals surface area (Å²) in [6.45, 7) is 6.09. The molecule has 0 heterocycles. The van der Waals surface area contributed by atoms with Gasteiger partial charge >= 0.3 is 0 Å². The fourth-order valence-electron chi connectivity index (χ4n) is 2.77. The summed E-state index contributed by atoms with van der Waals surface area (Å²) in [4.78, 5) is 12.5. The van der Waals surface area contributed by atoms with Crippen molar-refractivity contribution in [2.75, 3.05) is 6.61 Å². The zero-order chi connectivity index (χ0) is 17.3. The van der Waals surface area contributed by atoms with E-state index in [4.69, 9.17) is 4.74 Å². The van der Waals surface area contributed by atoms with Crippen LogP contribution in [0.2, 0.25) is 0 Å². The summed E-state index contributed by atoms with van der Waals surface area (Å²) < 4.78 is 6.77. The molecule has 0 bridgehead atoms. The molecule has 0 radical (unpaired) electrons. The van der Waals surface area contributed by atoms with Crippen LogP contribution in [0.5, 0.6) is 5.75 Å². The van der Waals surface area contributed by atoms with Crippen LogP contribution < -0.4 is 4.74 Å². The first kappa shape index (κ1) is 16.7. The average Bonchev–Trinajstić information content (AvgIpc) is 2.56. The third-order valence-corrected chi connectivity index (χ3v) is 4.78. The van der Waals surface area contributed by atoms with Crippen molar-refractivity contribution in [1.29, 1.82) is 0 Å². The van der Waals surface area contributed by atoms with Gasteiger partial charge < -0.3 is 4.74 Å². The molecule has 3 aromatic carbocycles. The first-order chi connectivity index (χ1) is 11.4. The van der Waals surface area contributed by atoms with Crippen LogP contribution >= 0.6 is 15.9 Å². The number of hydrogen-bond donors (Lipinski definition) is 0. The van der Waals surface area contributed by atoms with Gasteiger partial charge in [0.2, 0.25) is 0 Å². The molecule has 3 rings (SSSR count). The van der Waals surface area contributed by atoms with Crippen LogP contribution in [0.1, 0.15) is 27.0 Å². The van der Waals surface area contributed by atoms with Crippen molar-refractivity contribution >= 4 is 32.5 Å². The molecule has 0 aliphatic heterocycles. The third-order valence-electron chi connectivity index (χ3n) is 4.28. The van der Waals surface area contributed by atoms with E-state index in [0.717, 1.165) is 31.9 Å². The predicted molar refractivity (Wildman–Crippen MR) is 102 cm³/mol. The molecule has 0 N–H and O–H groups in total. The first-order valence-electron chi connectivity index (χ1n) is 7.87. The second-order valence-electron chi connectivity index (χ2n) is 6.12. The van der Waals surface area contributed by atoms with E-state index < -0.39 is 0 Å². The van der Waals surface area contributed by atoms with Crippen LogP contribution in [-0.2, 0) is 0 Å². The lowest BCUT2D eigenvalue weighted by atomic mass is 9.98. The topological polar surface area (TPSA) is 26.3 Å². The summed E-state index contributed by atoms with van der Waals surface area (Å²) in [6.07, 6.45) is 0. The summed E-state index contributed by atoms with van der Waals surface area (Å²) in [6, 6.07) is 15.9. The van der Waals surface area contributed by atoms with Gasteiger partial charge in [-0.05, 0) is 78.6 Å². The van der Waals surface area contributed by atoms with E-state index in [1.807, 2.05) is 50.2 Å².